The fourth-order valence-electron chi connectivity index (χ4n) is 2.60. The summed E-state index contributed by atoms with van der Waals surface area (Å²) in [6.07, 6.45) is 3.77. The summed E-state index contributed by atoms with van der Waals surface area (Å²) in [5.41, 5.74) is -0.407. The second-order valence-corrected chi connectivity index (χ2v) is 5.11. The standard InChI is InChI=1S/C13H24N2O3/c1-3-5-10(11(16)17)15-12(18)13(6-4-2)7-8-14-9-13/h10,14H,3-9H2,1-2H3,(H,15,18)(H,16,17). The Labute approximate surface area is 108 Å². The van der Waals surface area contributed by atoms with Gasteiger partial charge in [0.15, 0.2) is 0 Å². The molecule has 0 aliphatic carbocycles. The average Bonchev–Trinajstić information content (AvgIpc) is 2.78. The predicted octanol–water partition coefficient (Wildman–Crippen LogP) is 1.14. The molecule has 0 aromatic rings. The summed E-state index contributed by atoms with van der Waals surface area (Å²) in [5.74, 6) is -1.04. The van der Waals surface area contributed by atoms with Crippen LogP contribution >= 0.6 is 0 Å². The van der Waals surface area contributed by atoms with Crippen molar-refractivity contribution in [3.63, 3.8) is 0 Å². The van der Waals surface area contributed by atoms with Gasteiger partial charge in [-0.25, -0.2) is 4.79 Å². The van der Waals surface area contributed by atoms with Crippen molar-refractivity contribution in [2.45, 2.75) is 52.0 Å². The number of aliphatic carboxylic acids is 1. The van der Waals surface area contributed by atoms with Gasteiger partial charge >= 0.3 is 5.97 Å². The van der Waals surface area contributed by atoms with Gasteiger partial charge in [-0.3, -0.25) is 4.79 Å². The third-order valence-corrected chi connectivity index (χ3v) is 3.63. The number of carboxylic acid groups (broad SMARTS) is 1. The molecule has 1 aliphatic heterocycles. The van der Waals surface area contributed by atoms with Gasteiger partial charge in [0.2, 0.25) is 5.91 Å². The van der Waals surface area contributed by atoms with Crippen LogP contribution in [0, 0.1) is 5.41 Å². The zero-order valence-corrected chi connectivity index (χ0v) is 11.3. The zero-order chi connectivity index (χ0) is 13.6. The Morgan fingerprint density at radius 1 is 1.39 bits per heavy atom. The number of amides is 1. The fourth-order valence-corrected chi connectivity index (χ4v) is 2.60. The number of carbonyl (C=O) groups excluding carboxylic acids is 1. The molecule has 2 atom stereocenters. The van der Waals surface area contributed by atoms with Gasteiger partial charge in [0.05, 0.1) is 5.41 Å². The molecule has 0 bridgehead atoms. The summed E-state index contributed by atoms with van der Waals surface area (Å²) in [5, 5.41) is 15.0. The SMILES string of the molecule is CCCC(NC(=O)C1(CCC)CCNC1)C(=O)O. The molecule has 1 fully saturated rings. The maximum absolute atomic E-state index is 12.3. The van der Waals surface area contributed by atoms with Crippen molar-refractivity contribution in [3.8, 4) is 0 Å². The van der Waals surface area contributed by atoms with Crippen LogP contribution < -0.4 is 10.6 Å². The smallest absolute Gasteiger partial charge is 0.326 e. The lowest BCUT2D eigenvalue weighted by Gasteiger charge is -2.28. The van der Waals surface area contributed by atoms with Crippen molar-refractivity contribution < 1.29 is 14.7 Å². The number of nitrogens with one attached hydrogen (secondary N) is 2. The zero-order valence-electron chi connectivity index (χ0n) is 11.3. The first kappa shape index (κ1) is 15.0. The summed E-state index contributed by atoms with van der Waals surface area (Å²) in [6.45, 7) is 5.46. The van der Waals surface area contributed by atoms with Crippen LogP contribution in [-0.2, 0) is 9.59 Å². The highest BCUT2D eigenvalue weighted by Gasteiger charge is 2.41. The molecule has 0 radical (unpaired) electrons. The normalized spacial score (nSPS) is 24.8. The topological polar surface area (TPSA) is 78.4 Å². The van der Waals surface area contributed by atoms with Gasteiger partial charge in [-0.05, 0) is 25.8 Å². The van der Waals surface area contributed by atoms with Crippen LogP contribution in [-0.4, -0.2) is 36.1 Å². The third-order valence-electron chi connectivity index (χ3n) is 3.63. The van der Waals surface area contributed by atoms with Crippen molar-refractivity contribution in [1.29, 1.82) is 0 Å². The van der Waals surface area contributed by atoms with E-state index in [2.05, 4.69) is 10.6 Å². The Hall–Kier alpha value is -1.10. The molecular formula is C13H24N2O3. The molecular weight excluding hydrogens is 232 g/mol. The van der Waals surface area contributed by atoms with E-state index in [1.165, 1.54) is 0 Å². The highest BCUT2D eigenvalue weighted by Crippen LogP contribution is 2.31. The first-order valence-corrected chi connectivity index (χ1v) is 6.80. The van der Waals surface area contributed by atoms with Crippen molar-refractivity contribution >= 4 is 11.9 Å². The first-order chi connectivity index (χ1) is 8.55. The lowest BCUT2D eigenvalue weighted by Crippen LogP contribution is -2.49. The third kappa shape index (κ3) is 3.45. The van der Waals surface area contributed by atoms with E-state index < -0.39 is 17.4 Å². The van der Waals surface area contributed by atoms with E-state index in [0.29, 0.717) is 13.0 Å². The maximum atomic E-state index is 12.3. The molecule has 18 heavy (non-hydrogen) atoms. The van der Waals surface area contributed by atoms with Crippen molar-refractivity contribution in [2.24, 2.45) is 5.41 Å². The summed E-state index contributed by atoms with van der Waals surface area (Å²) in [7, 11) is 0. The Balaban J connectivity index is 2.68. The average molecular weight is 256 g/mol. The van der Waals surface area contributed by atoms with Crippen LogP contribution in [0.1, 0.15) is 46.0 Å². The molecule has 1 amide bonds. The molecule has 0 spiro atoms. The molecule has 0 aromatic carbocycles. The minimum atomic E-state index is -0.942. The molecule has 1 saturated heterocycles. The van der Waals surface area contributed by atoms with E-state index >= 15 is 0 Å². The molecule has 1 heterocycles. The maximum Gasteiger partial charge on any atom is 0.326 e. The van der Waals surface area contributed by atoms with Gasteiger partial charge in [-0.15, -0.1) is 0 Å². The lowest BCUT2D eigenvalue weighted by molar-refractivity contribution is -0.144. The second kappa shape index (κ2) is 6.73. The van der Waals surface area contributed by atoms with E-state index in [9.17, 15) is 9.59 Å². The second-order valence-electron chi connectivity index (χ2n) is 5.11. The Morgan fingerprint density at radius 2 is 2.11 bits per heavy atom. The number of hydrogen-bond acceptors (Lipinski definition) is 3. The van der Waals surface area contributed by atoms with E-state index in [1.54, 1.807) is 0 Å². The summed E-state index contributed by atoms with van der Waals surface area (Å²) in [4.78, 5) is 23.4. The van der Waals surface area contributed by atoms with Gasteiger partial charge < -0.3 is 15.7 Å². The van der Waals surface area contributed by atoms with Crippen LogP contribution in [0.5, 0.6) is 0 Å². The number of rotatable bonds is 7. The number of carboxylic acids is 1. The van der Waals surface area contributed by atoms with Gasteiger partial charge in [-0.2, -0.15) is 0 Å². The monoisotopic (exact) mass is 256 g/mol. The minimum Gasteiger partial charge on any atom is -0.480 e. The number of carbonyl (C=O) groups is 2. The van der Waals surface area contributed by atoms with Crippen LogP contribution in [0.15, 0.2) is 0 Å². The highest BCUT2D eigenvalue weighted by molar-refractivity contribution is 5.87. The van der Waals surface area contributed by atoms with Gasteiger partial charge in [0.25, 0.3) is 0 Å². The van der Waals surface area contributed by atoms with Gasteiger partial charge in [0.1, 0.15) is 6.04 Å². The van der Waals surface area contributed by atoms with Crippen LogP contribution in [0.3, 0.4) is 0 Å². The molecule has 1 aliphatic rings. The van der Waals surface area contributed by atoms with Gasteiger partial charge in [-0.1, -0.05) is 26.7 Å². The predicted molar refractivity (Wildman–Crippen MR) is 69.3 cm³/mol. The Kier molecular flexibility index (Phi) is 5.59. The van der Waals surface area contributed by atoms with E-state index in [1.807, 2.05) is 13.8 Å². The molecule has 0 aromatic heterocycles. The summed E-state index contributed by atoms with van der Waals surface area (Å²) in [6, 6.07) is -0.753. The Morgan fingerprint density at radius 3 is 2.56 bits per heavy atom. The van der Waals surface area contributed by atoms with Crippen molar-refractivity contribution in [1.82, 2.24) is 10.6 Å². The first-order valence-electron chi connectivity index (χ1n) is 6.80. The van der Waals surface area contributed by atoms with Crippen LogP contribution in [0.25, 0.3) is 0 Å². The molecule has 5 heteroatoms. The molecule has 104 valence electrons. The quantitative estimate of drug-likeness (QED) is 0.638. The molecule has 3 N–H and O–H groups in total. The van der Waals surface area contributed by atoms with E-state index in [4.69, 9.17) is 5.11 Å². The Bertz CT molecular complexity index is 299. The van der Waals surface area contributed by atoms with Crippen LogP contribution in [0.4, 0.5) is 0 Å². The van der Waals surface area contributed by atoms with Gasteiger partial charge in [0, 0.05) is 6.54 Å². The lowest BCUT2D eigenvalue weighted by atomic mass is 9.81. The van der Waals surface area contributed by atoms with E-state index in [0.717, 1.165) is 32.2 Å². The molecule has 1 rings (SSSR count). The largest absolute Gasteiger partial charge is 0.480 e. The summed E-state index contributed by atoms with van der Waals surface area (Å²) >= 11 is 0. The fraction of sp³-hybridized carbons (Fsp3) is 0.846. The van der Waals surface area contributed by atoms with Crippen molar-refractivity contribution in [2.75, 3.05) is 13.1 Å². The summed E-state index contributed by atoms with van der Waals surface area (Å²) < 4.78 is 0. The highest BCUT2D eigenvalue weighted by atomic mass is 16.4. The number of hydrogen-bond donors (Lipinski definition) is 3. The molecule has 0 saturated carbocycles. The molecule has 5 nitrogen and oxygen atoms in total. The minimum absolute atomic E-state index is 0.102. The molecule has 2 unspecified atom stereocenters. The van der Waals surface area contributed by atoms with Crippen molar-refractivity contribution in [3.05, 3.63) is 0 Å². The van der Waals surface area contributed by atoms with Crippen LogP contribution in [0.2, 0.25) is 0 Å². The van der Waals surface area contributed by atoms with E-state index in [-0.39, 0.29) is 5.91 Å².